The zero-order valence-electron chi connectivity index (χ0n) is 14.2. The van der Waals surface area contributed by atoms with Crippen LogP contribution in [0.3, 0.4) is 0 Å². The number of rotatable bonds is 7. The molecule has 1 N–H and O–H groups in total. The first-order valence-corrected chi connectivity index (χ1v) is 8.49. The summed E-state index contributed by atoms with van der Waals surface area (Å²) in [4.78, 5) is 4.45. The molecule has 130 valence electrons. The molecule has 0 aliphatic rings. The summed E-state index contributed by atoms with van der Waals surface area (Å²) in [6.07, 6.45) is 0.715. The molecule has 1 atom stereocenters. The number of hydrogen-bond acceptors (Lipinski definition) is 5. The van der Waals surface area contributed by atoms with E-state index in [0.29, 0.717) is 35.8 Å². The van der Waals surface area contributed by atoms with E-state index in [1.165, 1.54) is 0 Å². The van der Waals surface area contributed by atoms with Gasteiger partial charge in [-0.05, 0) is 49.9 Å². The molecule has 25 heavy (non-hydrogen) atoms. The molecule has 1 aromatic heterocycles. The first kappa shape index (κ1) is 17.5. The molecule has 1 heterocycles. The maximum atomic E-state index is 5.89. The van der Waals surface area contributed by atoms with Crippen molar-refractivity contribution in [2.75, 3.05) is 7.05 Å². The number of nitrogens with zero attached hydrogens (tertiary/aromatic N) is 2. The molecular formula is C19H20ClN3O2. The Hall–Kier alpha value is -2.37. The van der Waals surface area contributed by atoms with E-state index in [1.54, 1.807) is 0 Å². The molecule has 1 unspecified atom stereocenters. The average molecular weight is 358 g/mol. The second-order valence-electron chi connectivity index (χ2n) is 5.85. The van der Waals surface area contributed by atoms with Crippen LogP contribution in [0.1, 0.15) is 18.3 Å². The molecule has 0 bridgehead atoms. The molecule has 0 spiro atoms. The van der Waals surface area contributed by atoms with Gasteiger partial charge in [-0.25, -0.2) is 0 Å². The Kier molecular flexibility index (Phi) is 5.68. The summed E-state index contributed by atoms with van der Waals surface area (Å²) < 4.78 is 11.2. The van der Waals surface area contributed by atoms with Crippen LogP contribution in [0.25, 0.3) is 11.5 Å². The third kappa shape index (κ3) is 4.81. The SMILES string of the molecule is CNC(C)Cc1noc(-c2cccc(OCc3ccc(Cl)cc3)c2)n1. The minimum absolute atomic E-state index is 0.291. The van der Waals surface area contributed by atoms with E-state index < -0.39 is 0 Å². The van der Waals surface area contributed by atoms with Gasteiger partial charge < -0.3 is 14.6 Å². The Labute approximate surface area is 152 Å². The van der Waals surface area contributed by atoms with Crippen LogP contribution >= 0.6 is 11.6 Å². The number of benzene rings is 2. The fourth-order valence-electron chi connectivity index (χ4n) is 2.30. The number of aromatic nitrogens is 2. The van der Waals surface area contributed by atoms with E-state index in [4.69, 9.17) is 20.9 Å². The second kappa shape index (κ2) is 8.14. The van der Waals surface area contributed by atoms with Crippen LogP contribution in [-0.4, -0.2) is 23.2 Å². The highest BCUT2D eigenvalue weighted by molar-refractivity contribution is 6.30. The summed E-state index contributed by atoms with van der Waals surface area (Å²) >= 11 is 5.89. The molecule has 6 heteroatoms. The van der Waals surface area contributed by atoms with Gasteiger partial charge in [0.2, 0.25) is 0 Å². The fourth-order valence-corrected chi connectivity index (χ4v) is 2.42. The van der Waals surface area contributed by atoms with Crippen molar-refractivity contribution < 1.29 is 9.26 Å². The smallest absolute Gasteiger partial charge is 0.258 e. The molecule has 0 aliphatic carbocycles. The third-order valence-electron chi connectivity index (χ3n) is 3.85. The highest BCUT2D eigenvalue weighted by Crippen LogP contribution is 2.23. The molecule has 5 nitrogen and oxygen atoms in total. The van der Waals surface area contributed by atoms with Crippen LogP contribution in [0.15, 0.2) is 53.1 Å². The summed E-state index contributed by atoms with van der Waals surface area (Å²) in [7, 11) is 1.91. The van der Waals surface area contributed by atoms with Gasteiger partial charge in [-0.15, -0.1) is 0 Å². The minimum atomic E-state index is 0.291. The molecule has 0 fully saturated rings. The third-order valence-corrected chi connectivity index (χ3v) is 4.10. The van der Waals surface area contributed by atoms with Gasteiger partial charge in [-0.1, -0.05) is 35.0 Å². The maximum Gasteiger partial charge on any atom is 0.258 e. The van der Waals surface area contributed by atoms with Crippen molar-refractivity contribution >= 4 is 11.6 Å². The molecule has 0 radical (unpaired) electrons. The molecule has 0 saturated carbocycles. The number of nitrogens with one attached hydrogen (secondary N) is 1. The number of ether oxygens (including phenoxy) is 1. The first-order valence-electron chi connectivity index (χ1n) is 8.11. The van der Waals surface area contributed by atoms with E-state index in [-0.39, 0.29) is 0 Å². The zero-order valence-corrected chi connectivity index (χ0v) is 15.0. The van der Waals surface area contributed by atoms with Crippen molar-refractivity contribution in [1.29, 1.82) is 0 Å². The van der Waals surface area contributed by atoms with Crippen LogP contribution in [0, 0.1) is 0 Å². The van der Waals surface area contributed by atoms with Gasteiger partial charge in [-0.3, -0.25) is 0 Å². The molecule has 3 aromatic rings. The van der Waals surface area contributed by atoms with Gasteiger partial charge in [0, 0.05) is 23.0 Å². The monoisotopic (exact) mass is 357 g/mol. The van der Waals surface area contributed by atoms with Crippen molar-refractivity contribution in [2.45, 2.75) is 26.0 Å². The maximum absolute atomic E-state index is 5.89. The van der Waals surface area contributed by atoms with Gasteiger partial charge >= 0.3 is 0 Å². The van der Waals surface area contributed by atoms with Crippen molar-refractivity contribution in [3.05, 3.63) is 64.9 Å². The average Bonchev–Trinajstić information content (AvgIpc) is 3.10. The van der Waals surface area contributed by atoms with Gasteiger partial charge in [0.05, 0.1) is 0 Å². The predicted molar refractivity (Wildman–Crippen MR) is 97.7 cm³/mol. The lowest BCUT2D eigenvalue weighted by Crippen LogP contribution is -2.24. The quantitative estimate of drug-likeness (QED) is 0.689. The normalized spacial score (nSPS) is 12.1. The summed E-state index contributed by atoms with van der Waals surface area (Å²) in [5.74, 6) is 1.93. The van der Waals surface area contributed by atoms with Gasteiger partial charge in [0.25, 0.3) is 5.89 Å². The predicted octanol–water partition coefficient (Wildman–Crippen LogP) is 4.12. The summed E-state index contributed by atoms with van der Waals surface area (Å²) in [6, 6.07) is 15.5. The minimum Gasteiger partial charge on any atom is -0.489 e. The highest BCUT2D eigenvalue weighted by atomic mass is 35.5. The van der Waals surface area contributed by atoms with Gasteiger partial charge in [-0.2, -0.15) is 4.98 Å². The van der Waals surface area contributed by atoms with Crippen molar-refractivity contribution in [3.8, 4) is 17.2 Å². The van der Waals surface area contributed by atoms with Crippen LogP contribution < -0.4 is 10.1 Å². The van der Waals surface area contributed by atoms with E-state index in [1.807, 2.05) is 55.6 Å². The lowest BCUT2D eigenvalue weighted by Gasteiger charge is -2.07. The number of halogens is 1. The van der Waals surface area contributed by atoms with Crippen molar-refractivity contribution in [1.82, 2.24) is 15.5 Å². The van der Waals surface area contributed by atoms with Crippen LogP contribution in [-0.2, 0) is 13.0 Å². The summed E-state index contributed by atoms with van der Waals surface area (Å²) in [5, 5.41) is 7.90. The van der Waals surface area contributed by atoms with E-state index in [0.717, 1.165) is 16.9 Å². The van der Waals surface area contributed by atoms with Crippen molar-refractivity contribution in [2.24, 2.45) is 0 Å². The summed E-state index contributed by atoms with van der Waals surface area (Å²) in [5.41, 5.74) is 1.89. The first-order chi connectivity index (χ1) is 12.1. The van der Waals surface area contributed by atoms with Crippen molar-refractivity contribution in [3.63, 3.8) is 0 Å². The molecular weight excluding hydrogens is 338 g/mol. The summed E-state index contributed by atoms with van der Waals surface area (Å²) in [6.45, 7) is 2.54. The highest BCUT2D eigenvalue weighted by Gasteiger charge is 2.11. The van der Waals surface area contributed by atoms with Crippen LogP contribution in [0.2, 0.25) is 5.02 Å². The molecule has 0 amide bonds. The van der Waals surface area contributed by atoms with Crippen LogP contribution in [0.5, 0.6) is 5.75 Å². The lowest BCUT2D eigenvalue weighted by molar-refractivity contribution is 0.306. The Bertz CT molecular complexity index is 818. The van der Waals surface area contributed by atoms with E-state index in [9.17, 15) is 0 Å². The number of hydrogen-bond donors (Lipinski definition) is 1. The Morgan fingerprint density at radius 3 is 2.76 bits per heavy atom. The lowest BCUT2D eigenvalue weighted by atomic mass is 10.2. The van der Waals surface area contributed by atoms with E-state index in [2.05, 4.69) is 22.4 Å². The van der Waals surface area contributed by atoms with Gasteiger partial charge in [0.1, 0.15) is 12.4 Å². The largest absolute Gasteiger partial charge is 0.489 e. The Balaban J connectivity index is 1.67. The Morgan fingerprint density at radius 2 is 2.00 bits per heavy atom. The Morgan fingerprint density at radius 1 is 1.20 bits per heavy atom. The fraction of sp³-hybridized carbons (Fsp3) is 0.263. The molecule has 2 aromatic carbocycles. The molecule has 3 rings (SSSR count). The molecule has 0 aliphatic heterocycles. The molecule has 0 saturated heterocycles. The van der Waals surface area contributed by atoms with E-state index >= 15 is 0 Å². The standard InChI is InChI=1S/C19H20ClN3O2/c1-13(21-2)10-18-22-19(25-23-18)15-4-3-5-17(11-15)24-12-14-6-8-16(20)9-7-14/h3-9,11,13,21H,10,12H2,1-2H3. The number of likely N-dealkylation sites (N-methyl/N-ethyl adjacent to an activating group) is 1. The topological polar surface area (TPSA) is 60.2 Å². The zero-order chi connectivity index (χ0) is 17.6. The van der Waals surface area contributed by atoms with Gasteiger partial charge in [0.15, 0.2) is 5.82 Å². The second-order valence-corrected chi connectivity index (χ2v) is 6.29. The van der Waals surface area contributed by atoms with Crippen LogP contribution in [0.4, 0.5) is 0 Å².